The first-order chi connectivity index (χ1) is 15.8. The Hall–Kier alpha value is -3.00. The van der Waals surface area contributed by atoms with E-state index in [1.165, 1.54) is 30.8 Å². The highest BCUT2D eigenvalue weighted by Crippen LogP contribution is 2.59. The van der Waals surface area contributed by atoms with Crippen LogP contribution in [0.2, 0.25) is 0 Å². The molecule has 3 aromatic rings. The van der Waals surface area contributed by atoms with Crippen LogP contribution in [0.25, 0.3) is 11.3 Å². The van der Waals surface area contributed by atoms with Crippen LogP contribution in [0.1, 0.15) is 44.2 Å². The summed E-state index contributed by atoms with van der Waals surface area (Å²) in [5.41, 5.74) is 4.38. The maximum absolute atomic E-state index is 13.2. The third-order valence-electron chi connectivity index (χ3n) is 7.50. The van der Waals surface area contributed by atoms with Crippen molar-refractivity contribution in [2.45, 2.75) is 61.9 Å². The second kappa shape index (κ2) is 7.00. The lowest BCUT2D eigenvalue weighted by atomic mass is 9.79. The zero-order valence-electron chi connectivity index (χ0n) is 19.0. The maximum Gasteiger partial charge on any atom is 0.266 e. The van der Waals surface area contributed by atoms with E-state index < -0.39 is 10.0 Å². The molecule has 0 radical (unpaired) electrons. The van der Waals surface area contributed by atoms with Crippen LogP contribution in [-0.4, -0.2) is 32.8 Å². The van der Waals surface area contributed by atoms with Gasteiger partial charge in [-0.05, 0) is 69.4 Å². The van der Waals surface area contributed by atoms with E-state index in [0.717, 1.165) is 30.4 Å². The number of ether oxygens (including phenoxy) is 1. The lowest BCUT2D eigenvalue weighted by molar-refractivity contribution is 0.380. The lowest BCUT2D eigenvalue weighted by Crippen LogP contribution is -2.53. The van der Waals surface area contributed by atoms with Gasteiger partial charge in [-0.15, -0.1) is 0 Å². The Kier molecular flexibility index (Phi) is 4.37. The number of para-hydroxylation sites is 1. The average Bonchev–Trinajstić information content (AvgIpc) is 3.46. The fourth-order valence-electron chi connectivity index (χ4n) is 5.69. The number of rotatable bonds is 5. The molecule has 2 aliphatic carbocycles. The smallest absolute Gasteiger partial charge is 0.266 e. The summed E-state index contributed by atoms with van der Waals surface area (Å²) in [6, 6.07) is 14.2. The Bertz CT molecular complexity index is 1350. The first-order valence-corrected chi connectivity index (χ1v) is 12.9. The van der Waals surface area contributed by atoms with E-state index >= 15 is 0 Å². The molecule has 1 aliphatic heterocycles. The molecule has 1 aromatic heterocycles. The minimum Gasteiger partial charge on any atom is -0.495 e. The van der Waals surface area contributed by atoms with Gasteiger partial charge in [0.15, 0.2) is 11.6 Å². The largest absolute Gasteiger partial charge is 0.495 e. The first kappa shape index (κ1) is 20.6. The van der Waals surface area contributed by atoms with E-state index in [4.69, 9.17) is 9.26 Å². The number of nitrogens with zero attached hydrogens (tertiary/aromatic N) is 2. The summed E-state index contributed by atoms with van der Waals surface area (Å²) in [5, 5.41) is 4.18. The molecule has 0 bridgehead atoms. The zero-order chi connectivity index (χ0) is 23.0. The Balaban J connectivity index is 1.41. The van der Waals surface area contributed by atoms with Crippen molar-refractivity contribution in [3.8, 4) is 17.1 Å². The third-order valence-corrected chi connectivity index (χ3v) is 8.87. The number of hydrogen-bond donors (Lipinski definition) is 1. The number of anilines is 2. The average molecular weight is 466 g/mol. The number of hydrogen-bond acceptors (Lipinski definition) is 6. The number of nitrogens with one attached hydrogen (secondary N) is 1. The van der Waals surface area contributed by atoms with Crippen LogP contribution in [-0.2, 0) is 21.9 Å². The van der Waals surface area contributed by atoms with Crippen LogP contribution in [0.3, 0.4) is 0 Å². The minimum absolute atomic E-state index is 0.0449. The fourth-order valence-corrected chi connectivity index (χ4v) is 6.89. The monoisotopic (exact) mass is 465 g/mol. The third kappa shape index (κ3) is 3.07. The number of sulfonamides is 1. The highest BCUT2D eigenvalue weighted by atomic mass is 32.2. The predicted octanol–water partition coefficient (Wildman–Crippen LogP) is 4.73. The molecule has 2 fully saturated rings. The van der Waals surface area contributed by atoms with Gasteiger partial charge in [-0.1, -0.05) is 23.4 Å². The van der Waals surface area contributed by atoms with Crippen LogP contribution >= 0.6 is 0 Å². The summed E-state index contributed by atoms with van der Waals surface area (Å²) < 4.78 is 40.0. The Morgan fingerprint density at radius 3 is 2.61 bits per heavy atom. The van der Waals surface area contributed by atoms with Gasteiger partial charge >= 0.3 is 0 Å². The van der Waals surface area contributed by atoms with Gasteiger partial charge in [0.1, 0.15) is 10.6 Å². The minimum atomic E-state index is -3.89. The lowest BCUT2D eigenvalue weighted by Gasteiger charge is -2.47. The predicted molar refractivity (Wildman–Crippen MR) is 126 cm³/mol. The number of methoxy groups -OCH3 is 1. The van der Waals surface area contributed by atoms with Gasteiger partial charge in [-0.25, -0.2) is 8.42 Å². The van der Waals surface area contributed by atoms with Crippen LogP contribution in [0.15, 0.2) is 51.9 Å². The highest BCUT2D eigenvalue weighted by Gasteiger charge is 2.51. The zero-order valence-corrected chi connectivity index (χ0v) is 19.8. The molecule has 1 spiro atoms. The summed E-state index contributed by atoms with van der Waals surface area (Å²) in [5.74, 6) is 1.22. The molecule has 0 amide bonds. The maximum atomic E-state index is 13.2. The van der Waals surface area contributed by atoms with Crippen molar-refractivity contribution < 1.29 is 17.7 Å². The molecular weight excluding hydrogens is 438 g/mol. The molecule has 8 heteroatoms. The normalized spacial score (nSPS) is 22.3. The standard InChI is InChI=1S/C25H27N3O4S/c1-15-12-16(2)28(15)17-8-9-20-18(13-17)23-19(14-25(20)10-11-25)24(26-32-23)27-33(29,30)22-7-5-4-6-21(22)31-3/h4-9,13,15-16H,10-12,14H2,1-3H3,(H,26,27)/t15-,16-/m1/s1. The molecule has 6 rings (SSSR count). The van der Waals surface area contributed by atoms with Gasteiger partial charge in [-0.3, -0.25) is 4.72 Å². The Labute approximate surface area is 193 Å². The van der Waals surface area contributed by atoms with Gasteiger partial charge < -0.3 is 14.2 Å². The van der Waals surface area contributed by atoms with Crippen molar-refractivity contribution in [1.29, 1.82) is 0 Å². The molecule has 2 aromatic carbocycles. The number of fused-ring (bicyclic) bond motifs is 4. The van der Waals surface area contributed by atoms with E-state index in [1.807, 2.05) is 0 Å². The van der Waals surface area contributed by atoms with Gasteiger partial charge in [0.25, 0.3) is 10.0 Å². The highest BCUT2D eigenvalue weighted by molar-refractivity contribution is 7.92. The first-order valence-electron chi connectivity index (χ1n) is 11.4. The van der Waals surface area contributed by atoms with Crippen LogP contribution in [0.5, 0.6) is 5.75 Å². The molecule has 0 unspecified atom stereocenters. The van der Waals surface area contributed by atoms with Gasteiger partial charge in [-0.2, -0.15) is 0 Å². The van der Waals surface area contributed by atoms with E-state index in [0.29, 0.717) is 17.8 Å². The van der Waals surface area contributed by atoms with Crippen molar-refractivity contribution >= 4 is 21.5 Å². The van der Waals surface area contributed by atoms with Gasteiger partial charge in [0, 0.05) is 34.3 Å². The van der Waals surface area contributed by atoms with Gasteiger partial charge in [0.05, 0.1) is 7.11 Å². The Morgan fingerprint density at radius 2 is 1.91 bits per heavy atom. The fraction of sp³-hybridized carbons (Fsp3) is 0.400. The van der Waals surface area contributed by atoms with Crippen LogP contribution in [0.4, 0.5) is 11.5 Å². The van der Waals surface area contributed by atoms with Crippen molar-refractivity contribution in [2.75, 3.05) is 16.7 Å². The molecular formula is C25H27N3O4S. The quantitative estimate of drug-likeness (QED) is 0.587. The SMILES string of the molecule is COc1ccccc1S(=O)(=O)Nc1noc2c1CC1(CC1)c1ccc(N3[C@H](C)C[C@H]3C)cc1-2. The van der Waals surface area contributed by atoms with Crippen molar-refractivity contribution in [3.63, 3.8) is 0 Å². The molecule has 33 heavy (non-hydrogen) atoms. The van der Waals surface area contributed by atoms with E-state index in [2.05, 4.69) is 46.8 Å². The van der Waals surface area contributed by atoms with Crippen LogP contribution < -0.4 is 14.4 Å². The Morgan fingerprint density at radius 1 is 1.15 bits per heavy atom. The van der Waals surface area contributed by atoms with Crippen molar-refractivity contribution in [2.24, 2.45) is 0 Å². The molecule has 172 valence electrons. The molecule has 2 heterocycles. The summed E-state index contributed by atoms with van der Waals surface area (Å²) in [7, 11) is -2.43. The molecule has 3 aliphatic rings. The van der Waals surface area contributed by atoms with E-state index in [-0.39, 0.29) is 21.9 Å². The molecule has 1 saturated carbocycles. The van der Waals surface area contributed by atoms with Crippen molar-refractivity contribution in [1.82, 2.24) is 5.16 Å². The number of aromatic nitrogens is 1. The summed E-state index contributed by atoms with van der Waals surface area (Å²) in [6.07, 6.45) is 4.07. The van der Waals surface area contributed by atoms with Crippen LogP contribution in [0, 0.1) is 0 Å². The number of benzene rings is 2. The molecule has 1 saturated heterocycles. The summed E-state index contributed by atoms with van der Waals surface area (Å²) >= 11 is 0. The van der Waals surface area contributed by atoms with E-state index in [9.17, 15) is 8.42 Å². The second-order valence-electron chi connectivity index (χ2n) is 9.62. The molecule has 1 N–H and O–H groups in total. The summed E-state index contributed by atoms with van der Waals surface area (Å²) in [4.78, 5) is 2.50. The van der Waals surface area contributed by atoms with E-state index in [1.54, 1.807) is 18.2 Å². The van der Waals surface area contributed by atoms with Crippen molar-refractivity contribution in [3.05, 3.63) is 53.6 Å². The summed E-state index contributed by atoms with van der Waals surface area (Å²) in [6.45, 7) is 4.49. The van der Waals surface area contributed by atoms with Gasteiger partial charge in [0.2, 0.25) is 0 Å². The second-order valence-corrected chi connectivity index (χ2v) is 11.3. The molecule has 7 nitrogen and oxygen atoms in total. The molecule has 2 atom stereocenters. The topological polar surface area (TPSA) is 84.7 Å².